The molecule has 0 aliphatic heterocycles. The zero-order chi connectivity index (χ0) is 32.3. The first kappa shape index (κ1) is 27.9. The second kappa shape index (κ2) is 11.2. The number of para-hydroxylation sites is 2. The van der Waals surface area contributed by atoms with E-state index >= 15 is 0 Å². The van der Waals surface area contributed by atoms with Crippen molar-refractivity contribution in [3.63, 3.8) is 0 Å². The van der Waals surface area contributed by atoms with Gasteiger partial charge in [0.2, 0.25) is 0 Å². The Bertz CT molecular complexity index is 2810. The van der Waals surface area contributed by atoms with E-state index in [-0.39, 0.29) is 0 Å². The lowest BCUT2D eigenvalue weighted by Gasteiger charge is -2.27. The molecular formula is C46H30N2S. The van der Waals surface area contributed by atoms with Crippen LogP contribution in [-0.2, 0) is 0 Å². The number of thiophene rings is 1. The number of benzene rings is 8. The number of nitrogens with zero attached hydrogens (tertiary/aromatic N) is 2. The Hall–Kier alpha value is -6.16. The molecule has 0 saturated carbocycles. The molecule has 2 heterocycles. The fourth-order valence-electron chi connectivity index (χ4n) is 7.54. The number of rotatable bonds is 5. The highest BCUT2D eigenvalue weighted by Gasteiger charge is 2.22. The normalized spacial score (nSPS) is 11.7. The quantitative estimate of drug-likeness (QED) is 0.181. The predicted octanol–water partition coefficient (Wildman–Crippen LogP) is 13.4. The topological polar surface area (TPSA) is 8.17 Å². The van der Waals surface area contributed by atoms with Gasteiger partial charge in [0.15, 0.2) is 0 Å². The summed E-state index contributed by atoms with van der Waals surface area (Å²) in [4.78, 5) is 2.47. The van der Waals surface area contributed by atoms with Gasteiger partial charge in [0.25, 0.3) is 0 Å². The lowest BCUT2D eigenvalue weighted by Crippen LogP contribution is -2.10. The van der Waals surface area contributed by atoms with Crippen LogP contribution >= 0.6 is 11.3 Å². The third-order valence-corrected chi connectivity index (χ3v) is 10.9. The molecule has 0 radical (unpaired) electrons. The molecule has 10 aromatic rings. The fourth-order valence-corrected chi connectivity index (χ4v) is 8.76. The lowest BCUT2D eigenvalue weighted by atomic mass is 10.0. The average molecular weight is 643 g/mol. The van der Waals surface area contributed by atoms with E-state index < -0.39 is 0 Å². The van der Waals surface area contributed by atoms with Crippen LogP contribution in [0.4, 0.5) is 17.1 Å². The molecule has 0 saturated heterocycles. The predicted molar refractivity (Wildman–Crippen MR) is 211 cm³/mol. The van der Waals surface area contributed by atoms with Crippen molar-refractivity contribution in [1.29, 1.82) is 0 Å². The van der Waals surface area contributed by atoms with Crippen molar-refractivity contribution in [2.75, 3.05) is 4.90 Å². The van der Waals surface area contributed by atoms with Gasteiger partial charge in [0, 0.05) is 43.3 Å². The van der Waals surface area contributed by atoms with Crippen molar-refractivity contribution in [2.45, 2.75) is 0 Å². The number of anilines is 3. The Balaban J connectivity index is 1.27. The molecule has 0 amide bonds. The third-order valence-electron chi connectivity index (χ3n) is 9.75. The minimum absolute atomic E-state index is 1.12. The summed E-state index contributed by atoms with van der Waals surface area (Å²) in [5.41, 5.74) is 9.43. The standard InChI is InChI=1S/C46H30N2S/c1-3-13-31(14-4-1)32-23-25-35(26-24-32)47(43-29-33-15-7-8-18-37(33)45-39-20-10-12-22-44(39)49-46(43)45)36-27-28-42-40(30-36)38-19-9-11-21-41(38)48(42)34-16-5-2-6-17-34/h1-30H. The third kappa shape index (κ3) is 4.47. The van der Waals surface area contributed by atoms with Crippen molar-refractivity contribution < 1.29 is 0 Å². The maximum Gasteiger partial charge on any atom is 0.0646 e. The second-order valence-corrected chi connectivity index (χ2v) is 13.6. The summed E-state index contributed by atoms with van der Waals surface area (Å²) in [7, 11) is 0. The number of aromatic nitrogens is 1. The first-order chi connectivity index (χ1) is 24.3. The van der Waals surface area contributed by atoms with Crippen LogP contribution in [0, 0.1) is 0 Å². The Kier molecular flexibility index (Phi) is 6.39. The zero-order valence-corrected chi connectivity index (χ0v) is 27.4. The van der Waals surface area contributed by atoms with Crippen LogP contribution in [0.25, 0.3) is 69.6 Å². The van der Waals surface area contributed by atoms with E-state index in [0.29, 0.717) is 0 Å². The van der Waals surface area contributed by atoms with Gasteiger partial charge in [-0.3, -0.25) is 0 Å². The molecule has 0 aliphatic rings. The van der Waals surface area contributed by atoms with Gasteiger partial charge < -0.3 is 9.47 Å². The molecule has 8 aromatic carbocycles. The van der Waals surface area contributed by atoms with E-state index in [1.807, 2.05) is 11.3 Å². The van der Waals surface area contributed by atoms with E-state index in [0.717, 1.165) is 17.1 Å². The molecule has 2 nitrogen and oxygen atoms in total. The Morgan fingerprint density at radius 2 is 1.04 bits per heavy atom. The molecule has 0 N–H and O–H groups in total. The zero-order valence-electron chi connectivity index (χ0n) is 26.6. The van der Waals surface area contributed by atoms with Gasteiger partial charge in [-0.1, -0.05) is 121 Å². The fraction of sp³-hybridized carbons (Fsp3) is 0. The molecule has 0 spiro atoms. The SMILES string of the molecule is c1ccc(-c2ccc(N(c3ccc4c(c3)c3ccccc3n4-c3ccccc3)c3cc4ccccc4c4c3sc3ccccc34)cc2)cc1. The van der Waals surface area contributed by atoms with Crippen LogP contribution < -0.4 is 4.90 Å². The average Bonchev–Trinajstić information content (AvgIpc) is 3.73. The first-order valence-electron chi connectivity index (χ1n) is 16.7. The van der Waals surface area contributed by atoms with Crippen molar-refractivity contribution in [3.05, 3.63) is 182 Å². The van der Waals surface area contributed by atoms with Gasteiger partial charge in [0.05, 0.1) is 21.4 Å². The van der Waals surface area contributed by atoms with Crippen molar-refractivity contribution in [3.8, 4) is 16.8 Å². The van der Waals surface area contributed by atoms with Crippen LogP contribution in [0.1, 0.15) is 0 Å². The largest absolute Gasteiger partial charge is 0.309 e. The van der Waals surface area contributed by atoms with E-state index in [4.69, 9.17) is 0 Å². The smallest absolute Gasteiger partial charge is 0.0646 e. The van der Waals surface area contributed by atoms with E-state index in [9.17, 15) is 0 Å². The van der Waals surface area contributed by atoms with Crippen LogP contribution in [0.15, 0.2) is 182 Å². The van der Waals surface area contributed by atoms with Crippen molar-refractivity contribution >= 4 is 81.1 Å². The molecular weight excluding hydrogens is 613 g/mol. The Labute approximate surface area is 288 Å². The minimum atomic E-state index is 1.12. The van der Waals surface area contributed by atoms with Gasteiger partial charge in [-0.05, 0) is 82.6 Å². The molecule has 230 valence electrons. The van der Waals surface area contributed by atoms with Crippen LogP contribution in [0.3, 0.4) is 0 Å². The highest BCUT2D eigenvalue weighted by molar-refractivity contribution is 7.26. The molecule has 0 atom stereocenters. The molecule has 0 aliphatic carbocycles. The van der Waals surface area contributed by atoms with E-state index in [1.54, 1.807) is 0 Å². The van der Waals surface area contributed by atoms with Gasteiger partial charge in [-0.2, -0.15) is 0 Å². The maximum absolute atomic E-state index is 2.47. The minimum Gasteiger partial charge on any atom is -0.309 e. The molecule has 3 heteroatoms. The lowest BCUT2D eigenvalue weighted by molar-refractivity contribution is 1.18. The summed E-state index contributed by atoms with van der Waals surface area (Å²) in [6.07, 6.45) is 0. The summed E-state index contributed by atoms with van der Waals surface area (Å²) < 4.78 is 4.97. The van der Waals surface area contributed by atoms with Gasteiger partial charge in [-0.15, -0.1) is 11.3 Å². The van der Waals surface area contributed by atoms with Gasteiger partial charge >= 0.3 is 0 Å². The van der Waals surface area contributed by atoms with Crippen molar-refractivity contribution in [1.82, 2.24) is 4.57 Å². The van der Waals surface area contributed by atoms with Gasteiger partial charge in [-0.25, -0.2) is 0 Å². The molecule has 10 rings (SSSR count). The Morgan fingerprint density at radius 3 is 1.86 bits per heavy atom. The van der Waals surface area contributed by atoms with Gasteiger partial charge in [0.1, 0.15) is 0 Å². The summed E-state index contributed by atoms with van der Waals surface area (Å²) >= 11 is 1.88. The van der Waals surface area contributed by atoms with E-state index in [1.165, 1.54) is 69.6 Å². The molecule has 0 fully saturated rings. The number of fused-ring (bicyclic) bond motifs is 8. The summed E-state index contributed by atoms with van der Waals surface area (Å²) in [5.74, 6) is 0. The number of hydrogen-bond donors (Lipinski definition) is 0. The highest BCUT2D eigenvalue weighted by Crippen LogP contribution is 2.48. The second-order valence-electron chi connectivity index (χ2n) is 12.6. The summed E-state index contributed by atoms with van der Waals surface area (Å²) in [6, 6.07) is 66.1. The van der Waals surface area contributed by atoms with Crippen LogP contribution in [0.5, 0.6) is 0 Å². The van der Waals surface area contributed by atoms with Crippen LogP contribution in [0.2, 0.25) is 0 Å². The molecule has 0 bridgehead atoms. The molecule has 49 heavy (non-hydrogen) atoms. The van der Waals surface area contributed by atoms with Crippen LogP contribution in [-0.4, -0.2) is 4.57 Å². The molecule has 2 aromatic heterocycles. The maximum atomic E-state index is 2.47. The number of hydrogen-bond acceptors (Lipinski definition) is 2. The monoisotopic (exact) mass is 642 g/mol. The Morgan fingerprint density at radius 1 is 0.429 bits per heavy atom. The van der Waals surface area contributed by atoms with Crippen molar-refractivity contribution in [2.24, 2.45) is 0 Å². The first-order valence-corrected chi connectivity index (χ1v) is 17.5. The highest BCUT2D eigenvalue weighted by atomic mass is 32.1. The molecule has 0 unspecified atom stereocenters. The summed E-state index contributed by atoms with van der Waals surface area (Å²) in [5, 5.41) is 7.63. The summed E-state index contributed by atoms with van der Waals surface area (Å²) in [6.45, 7) is 0. The van der Waals surface area contributed by atoms with E-state index in [2.05, 4.69) is 191 Å².